The van der Waals surface area contributed by atoms with Crippen molar-refractivity contribution in [3.05, 3.63) is 35.6 Å². The zero-order valence-corrected chi connectivity index (χ0v) is 10.3. The van der Waals surface area contributed by atoms with E-state index >= 15 is 0 Å². The van der Waals surface area contributed by atoms with Crippen molar-refractivity contribution in [2.24, 2.45) is 5.41 Å². The lowest BCUT2D eigenvalue weighted by molar-refractivity contribution is -0.147. The summed E-state index contributed by atoms with van der Waals surface area (Å²) >= 11 is 0. The Morgan fingerprint density at radius 3 is 2.71 bits per heavy atom. The van der Waals surface area contributed by atoms with Crippen LogP contribution in [-0.2, 0) is 11.2 Å². The van der Waals surface area contributed by atoms with Crippen molar-refractivity contribution in [1.82, 2.24) is 0 Å². The van der Waals surface area contributed by atoms with Gasteiger partial charge in [0.25, 0.3) is 0 Å². The molecular formula is C14H16O3. The fraction of sp³-hybridized carbons (Fsp3) is 0.357. The van der Waals surface area contributed by atoms with Gasteiger partial charge in [-0.2, -0.15) is 0 Å². The molecule has 17 heavy (non-hydrogen) atoms. The van der Waals surface area contributed by atoms with Crippen molar-refractivity contribution >= 4 is 16.9 Å². The van der Waals surface area contributed by atoms with Crippen LogP contribution in [0, 0.1) is 12.3 Å². The minimum Gasteiger partial charge on any atom is -0.481 e. The number of carboxylic acids is 1. The molecule has 0 atom stereocenters. The molecule has 0 saturated carbocycles. The van der Waals surface area contributed by atoms with E-state index < -0.39 is 11.4 Å². The van der Waals surface area contributed by atoms with Crippen LogP contribution >= 0.6 is 0 Å². The predicted molar refractivity (Wildman–Crippen MR) is 66.1 cm³/mol. The Labute approximate surface area is 100 Å². The summed E-state index contributed by atoms with van der Waals surface area (Å²) in [4.78, 5) is 11.1. The van der Waals surface area contributed by atoms with Gasteiger partial charge in [-0.15, -0.1) is 0 Å². The SMILES string of the molecule is Cc1cccc2cc(CC(C)(C)C(=O)O)oc12. The number of carbonyl (C=O) groups is 1. The number of hydrogen-bond donors (Lipinski definition) is 1. The molecule has 1 aromatic heterocycles. The number of aryl methyl sites for hydroxylation is 1. The molecule has 0 bridgehead atoms. The zero-order chi connectivity index (χ0) is 12.6. The highest BCUT2D eigenvalue weighted by Crippen LogP contribution is 2.28. The smallest absolute Gasteiger partial charge is 0.309 e. The summed E-state index contributed by atoms with van der Waals surface area (Å²) in [7, 11) is 0. The molecule has 3 heteroatoms. The van der Waals surface area contributed by atoms with E-state index in [4.69, 9.17) is 9.52 Å². The van der Waals surface area contributed by atoms with Gasteiger partial charge in [0, 0.05) is 11.8 Å². The molecular weight excluding hydrogens is 216 g/mol. The lowest BCUT2D eigenvalue weighted by Crippen LogP contribution is -2.25. The maximum atomic E-state index is 11.1. The van der Waals surface area contributed by atoms with E-state index in [1.165, 1.54) is 0 Å². The van der Waals surface area contributed by atoms with Crippen LogP contribution in [-0.4, -0.2) is 11.1 Å². The van der Waals surface area contributed by atoms with Crippen molar-refractivity contribution in [2.45, 2.75) is 27.2 Å². The first-order chi connectivity index (χ1) is 7.90. The molecule has 2 aromatic rings. The lowest BCUT2D eigenvalue weighted by Gasteiger charge is -2.16. The predicted octanol–water partition coefficient (Wildman–Crippen LogP) is 3.39. The Bertz CT molecular complexity index is 564. The first-order valence-corrected chi connectivity index (χ1v) is 5.61. The van der Waals surface area contributed by atoms with Gasteiger partial charge >= 0.3 is 5.97 Å². The topological polar surface area (TPSA) is 50.4 Å². The third kappa shape index (κ3) is 2.18. The van der Waals surface area contributed by atoms with Gasteiger partial charge in [0.05, 0.1) is 5.41 Å². The number of carboxylic acid groups (broad SMARTS) is 1. The van der Waals surface area contributed by atoms with Crippen molar-refractivity contribution < 1.29 is 14.3 Å². The number of para-hydroxylation sites is 1. The molecule has 90 valence electrons. The monoisotopic (exact) mass is 232 g/mol. The fourth-order valence-corrected chi connectivity index (χ4v) is 1.86. The average Bonchev–Trinajstić information content (AvgIpc) is 2.60. The number of fused-ring (bicyclic) bond motifs is 1. The standard InChI is InChI=1S/C14H16O3/c1-9-5-4-6-10-7-11(17-12(9)10)8-14(2,3)13(15)16/h4-7H,8H2,1-3H3,(H,15,16). The highest BCUT2D eigenvalue weighted by Gasteiger charge is 2.29. The van der Waals surface area contributed by atoms with Crippen LogP contribution in [0.4, 0.5) is 0 Å². The second-order valence-electron chi connectivity index (χ2n) is 5.07. The first-order valence-electron chi connectivity index (χ1n) is 5.61. The Kier molecular flexibility index (Phi) is 2.69. The van der Waals surface area contributed by atoms with Crippen LogP contribution in [0.15, 0.2) is 28.7 Å². The van der Waals surface area contributed by atoms with Crippen molar-refractivity contribution in [1.29, 1.82) is 0 Å². The van der Waals surface area contributed by atoms with E-state index in [0.717, 1.165) is 22.3 Å². The highest BCUT2D eigenvalue weighted by molar-refractivity contribution is 5.81. The summed E-state index contributed by atoms with van der Waals surface area (Å²) in [6.45, 7) is 5.39. The third-order valence-corrected chi connectivity index (χ3v) is 2.99. The van der Waals surface area contributed by atoms with Gasteiger partial charge in [0.15, 0.2) is 0 Å². The van der Waals surface area contributed by atoms with Crippen molar-refractivity contribution in [2.75, 3.05) is 0 Å². The number of benzene rings is 1. The highest BCUT2D eigenvalue weighted by atomic mass is 16.4. The van der Waals surface area contributed by atoms with Crippen LogP contribution in [0.3, 0.4) is 0 Å². The fourth-order valence-electron chi connectivity index (χ4n) is 1.86. The number of rotatable bonds is 3. The summed E-state index contributed by atoms with van der Waals surface area (Å²) in [5.41, 5.74) is 1.12. The van der Waals surface area contributed by atoms with Crippen LogP contribution in [0.25, 0.3) is 11.0 Å². The quantitative estimate of drug-likeness (QED) is 0.882. The maximum Gasteiger partial charge on any atom is 0.309 e. The van der Waals surface area contributed by atoms with Crippen molar-refractivity contribution in [3.63, 3.8) is 0 Å². The molecule has 1 N–H and O–H groups in total. The van der Waals surface area contributed by atoms with Crippen LogP contribution in [0.1, 0.15) is 25.2 Å². The molecule has 0 radical (unpaired) electrons. The molecule has 0 aliphatic carbocycles. The molecule has 1 aromatic carbocycles. The third-order valence-electron chi connectivity index (χ3n) is 2.99. The van der Waals surface area contributed by atoms with E-state index in [1.807, 2.05) is 31.2 Å². The Hall–Kier alpha value is -1.77. The first kappa shape index (κ1) is 11.7. The largest absolute Gasteiger partial charge is 0.481 e. The lowest BCUT2D eigenvalue weighted by atomic mass is 9.88. The van der Waals surface area contributed by atoms with Gasteiger partial charge in [0.1, 0.15) is 11.3 Å². The molecule has 0 amide bonds. The van der Waals surface area contributed by atoms with Gasteiger partial charge in [-0.3, -0.25) is 4.79 Å². The molecule has 2 rings (SSSR count). The Morgan fingerprint density at radius 2 is 2.12 bits per heavy atom. The number of hydrogen-bond acceptors (Lipinski definition) is 2. The zero-order valence-electron chi connectivity index (χ0n) is 10.3. The van der Waals surface area contributed by atoms with Gasteiger partial charge in [-0.05, 0) is 32.4 Å². The average molecular weight is 232 g/mol. The molecule has 0 aliphatic rings. The van der Waals surface area contributed by atoms with E-state index in [0.29, 0.717) is 6.42 Å². The van der Waals surface area contributed by atoms with Crippen LogP contribution in [0.5, 0.6) is 0 Å². The van der Waals surface area contributed by atoms with Gasteiger partial charge < -0.3 is 9.52 Å². The molecule has 1 heterocycles. The second-order valence-corrected chi connectivity index (χ2v) is 5.07. The summed E-state index contributed by atoms with van der Waals surface area (Å²) in [5.74, 6) is -0.0867. The second kappa shape index (κ2) is 3.91. The number of furan rings is 1. The summed E-state index contributed by atoms with van der Waals surface area (Å²) in [6, 6.07) is 7.85. The Balaban J connectivity index is 2.38. The van der Waals surface area contributed by atoms with E-state index in [2.05, 4.69) is 0 Å². The molecule has 3 nitrogen and oxygen atoms in total. The van der Waals surface area contributed by atoms with Crippen LogP contribution in [0.2, 0.25) is 0 Å². The van der Waals surface area contributed by atoms with Crippen molar-refractivity contribution in [3.8, 4) is 0 Å². The summed E-state index contributed by atoms with van der Waals surface area (Å²) in [6.07, 6.45) is 0.399. The summed E-state index contributed by atoms with van der Waals surface area (Å²) < 4.78 is 5.72. The molecule has 0 unspecified atom stereocenters. The maximum absolute atomic E-state index is 11.1. The molecule has 0 fully saturated rings. The van der Waals surface area contributed by atoms with Gasteiger partial charge in [-0.1, -0.05) is 18.2 Å². The molecule has 0 aliphatic heterocycles. The minimum absolute atomic E-state index is 0.399. The van der Waals surface area contributed by atoms with Crippen LogP contribution < -0.4 is 0 Å². The van der Waals surface area contributed by atoms with E-state index in [9.17, 15) is 4.79 Å². The Morgan fingerprint density at radius 1 is 1.41 bits per heavy atom. The van der Waals surface area contributed by atoms with E-state index in [-0.39, 0.29) is 0 Å². The molecule has 0 saturated heterocycles. The van der Waals surface area contributed by atoms with Gasteiger partial charge in [0.2, 0.25) is 0 Å². The number of aliphatic carboxylic acids is 1. The van der Waals surface area contributed by atoms with Gasteiger partial charge in [-0.25, -0.2) is 0 Å². The minimum atomic E-state index is -0.810. The van der Waals surface area contributed by atoms with E-state index in [1.54, 1.807) is 13.8 Å². The summed E-state index contributed by atoms with van der Waals surface area (Å²) in [5, 5.41) is 10.1. The normalized spacial score (nSPS) is 11.9. The molecule has 0 spiro atoms.